The number of aromatic nitrogens is 1. The minimum atomic E-state index is -0.00479. The van der Waals surface area contributed by atoms with Gasteiger partial charge in [0.1, 0.15) is 5.01 Å². The molecule has 2 aromatic rings. The van der Waals surface area contributed by atoms with Crippen molar-refractivity contribution in [2.24, 2.45) is 0 Å². The van der Waals surface area contributed by atoms with Gasteiger partial charge in [-0.25, -0.2) is 4.98 Å². The molecule has 0 bridgehead atoms. The van der Waals surface area contributed by atoms with E-state index in [0.717, 1.165) is 34.1 Å². The Hall–Kier alpha value is -1.72. The summed E-state index contributed by atoms with van der Waals surface area (Å²) in [6, 6.07) is 6.09. The predicted molar refractivity (Wildman–Crippen MR) is 99.5 cm³/mol. The summed E-state index contributed by atoms with van der Waals surface area (Å²) in [7, 11) is 0. The van der Waals surface area contributed by atoms with Gasteiger partial charge in [0, 0.05) is 11.1 Å². The number of carbonyl (C=O) groups excluding carboxylic acids is 1. The van der Waals surface area contributed by atoms with E-state index in [1.54, 1.807) is 11.3 Å². The second-order valence-corrected chi connectivity index (χ2v) is 7.61. The van der Waals surface area contributed by atoms with E-state index in [4.69, 9.17) is 0 Å². The van der Waals surface area contributed by atoms with Gasteiger partial charge in [-0.15, -0.1) is 11.3 Å². The van der Waals surface area contributed by atoms with Gasteiger partial charge in [-0.1, -0.05) is 12.5 Å². The first-order valence-corrected chi connectivity index (χ1v) is 9.50. The van der Waals surface area contributed by atoms with E-state index in [0.29, 0.717) is 6.42 Å². The van der Waals surface area contributed by atoms with Gasteiger partial charge < -0.3 is 5.32 Å². The standard InChI is InChI=1S/C19H25N3OS/c1-14-8-15(2)10-16(9-14)20-18(23)11-17-13-24-19(21-17)12-22-6-4-3-5-7-22/h8-10,13H,3-7,11-12H2,1-2H3,(H,20,23). The lowest BCUT2D eigenvalue weighted by Crippen LogP contribution is -2.29. The number of amides is 1. The zero-order valence-corrected chi connectivity index (χ0v) is 15.3. The fraction of sp³-hybridized carbons (Fsp3) is 0.474. The van der Waals surface area contributed by atoms with Crippen molar-refractivity contribution in [2.45, 2.75) is 46.1 Å². The fourth-order valence-corrected chi connectivity index (χ4v) is 4.06. The van der Waals surface area contributed by atoms with Crippen LogP contribution in [0.5, 0.6) is 0 Å². The lowest BCUT2D eigenvalue weighted by atomic mass is 10.1. The number of aryl methyl sites for hydroxylation is 2. The van der Waals surface area contributed by atoms with E-state index >= 15 is 0 Å². The summed E-state index contributed by atoms with van der Waals surface area (Å²) in [5.41, 5.74) is 4.04. The van der Waals surface area contributed by atoms with Gasteiger partial charge in [-0.05, 0) is 63.0 Å². The molecule has 1 aliphatic heterocycles. The molecule has 4 nitrogen and oxygen atoms in total. The summed E-state index contributed by atoms with van der Waals surface area (Å²) in [5, 5.41) is 6.11. The van der Waals surface area contributed by atoms with E-state index in [-0.39, 0.29) is 5.91 Å². The molecule has 0 saturated carbocycles. The van der Waals surface area contributed by atoms with E-state index in [9.17, 15) is 4.79 Å². The van der Waals surface area contributed by atoms with Crippen molar-refractivity contribution in [1.82, 2.24) is 9.88 Å². The SMILES string of the molecule is Cc1cc(C)cc(NC(=O)Cc2csc(CN3CCCCC3)n2)c1. The van der Waals surface area contributed by atoms with Crippen LogP contribution >= 0.6 is 11.3 Å². The third-order valence-corrected chi connectivity index (χ3v) is 5.14. The minimum absolute atomic E-state index is 0.00479. The zero-order valence-electron chi connectivity index (χ0n) is 14.5. The Balaban J connectivity index is 1.54. The molecule has 0 atom stereocenters. The molecule has 1 N–H and O–H groups in total. The van der Waals surface area contributed by atoms with Crippen molar-refractivity contribution in [3.8, 4) is 0 Å². The number of anilines is 1. The van der Waals surface area contributed by atoms with E-state index in [1.165, 1.54) is 32.4 Å². The van der Waals surface area contributed by atoms with Crippen molar-refractivity contribution in [3.63, 3.8) is 0 Å². The normalized spacial score (nSPS) is 15.4. The molecule has 24 heavy (non-hydrogen) atoms. The molecule has 1 aromatic heterocycles. The van der Waals surface area contributed by atoms with Crippen LogP contribution in [0.3, 0.4) is 0 Å². The second kappa shape index (κ2) is 7.90. The molecule has 0 radical (unpaired) electrons. The Morgan fingerprint density at radius 1 is 1.17 bits per heavy atom. The summed E-state index contributed by atoms with van der Waals surface area (Å²) in [6.45, 7) is 7.33. The van der Waals surface area contributed by atoms with Gasteiger partial charge in [-0.3, -0.25) is 9.69 Å². The Kier molecular flexibility index (Phi) is 5.63. The van der Waals surface area contributed by atoms with Crippen LogP contribution < -0.4 is 5.32 Å². The average molecular weight is 343 g/mol. The average Bonchev–Trinajstić information content (AvgIpc) is 2.94. The summed E-state index contributed by atoms with van der Waals surface area (Å²) in [6.07, 6.45) is 4.26. The highest BCUT2D eigenvalue weighted by molar-refractivity contribution is 7.09. The molecule has 1 aromatic carbocycles. The molecule has 0 unspecified atom stereocenters. The van der Waals surface area contributed by atoms with Crippen molar-refractivity contribution >= 4 is 22.9 Å². The summed E-state index contributed by atoms with van der Waals surface area (Å²) in [4.78, 5) is 19.3. The number of nitrogens with one attached hydrogen (secondary N) is 1. The Morgan fingerprint density at radius 3 is 2.58 bits per heavy atom. The van der Waals surface area contributed by atoms with E-state index in [1.807, 2.05) is 31.4 Å². The highest BCUT2D eigenvalue weighted by Crippen LogP contribution is 2.18. The Morgan fingerprint density at radius 2 is 1.88 bits per heavy atom. The number of likely N-dealkylation sites (tertiary alicyclic amines) is 1. The molecule has 1 aliphatic rings. The molecule has 5 heteroatoms. The lowest BCUT2D eigenvalue weighted by Gasteiger charge is -2.25. The van der Waals surface area contributed by atoms with Gasteiger partial charge in [0.2, 0.25) is 5.91 Å². The summed E-state index contributed by atoms with van der Waals surface area (Å²) in [5.74, 6) is -0.00479. The van der Waals surface area contributed by atoms with E-state index in [2.05, 4.69) is 21.3 Å². The third kappa shape index (κ3) is 4.89. The first-order chi connectivity index (χ1) is 11.6. The topological polar surface area (TPSA) is 45.2 Å². The second-order valence-electron chi connectivity index (χ2n) is 6.67. The first-order valence-electron chi connectivity index (χ1n) is 8.62. The molecule has 128 valence electrons. The summed E-state index contributed by atoms with van der Waals surface area (Å²) < 4.78 is 0. The quantitative estimate of drug-likeness (QED) is 0.895. The van der Waals surface area contributed by atoms with Gasteiger partial charge in [0.05, 0.1) is 18.7 Å². The van der Waals surface area contributed by atoms with Gasteiger partial charge in [0.15, 0.2) is 0 Å². The maximum Gasteiger partial charge on any atom is 0.230 e. The maximum atomic E-state index is 12.2. The third-order valence-electron chi connectivity index (χ3n) is 4.25. The predicted octanol–water partition coefficient (Wildman–Crippen LogP) is 3.93. The Labute approximate surface area is 147 Å². The molecule has 2 heterocycles. The number of hydrogen-bond donors (Lipinski definition) is 1. The number of carbonyl (C=O) groups is 1. The molecule has 0 spiro atoms. The van der Waals surface area contributed by atoms with Gasteiger partial charge in [-0.2, -0.15) is 0 Å². The lowest BCUT2D eigenvalue weighted by molar-refractivity contribution is -0.115. The van der Waals surface area contributed by atoms with Crippen LogP contribution in [0.2, 0.25) is 0 Å². The zero-order chi connectivity index (χ0) is 16.9. The van der Waals surface area contributed by atoms with Crippen molar-refractivity contribution in [3.05, 3.63) is 45.4 Å². The van der Waals surface area contributed by atoms with Crippen LogP contribution in [-0.4, -0.2) is 28.9 Å². The smallest absolute Gasteiger partial charge is 0.230 e. The van der Waals surface area contributed by atoms with Crippen LogP contribution in [0, 0.1) is 13.8 Å². The number of piperidine rings is 1. The minimum Gasteiger partial charge on any atom is -0.326 e. The van der Waals surface area contributed by atoms with Crippen LogP contribution in [0.4, 0.5) is 5.69 Å². The fourth-order valence-electron chi connectivity index (χ4n) is 3.23. The largest absolute Gasteiger partial charge is 0.326 e. The maximum absolute atomic E-state index is 12.2. The number of benzene rings is 1. The first kappa shape index (κ1) is 17.1. The van der Waals surface area contributed by atoms with Gasteiger partial charge >= 0.3 is 0 Å². The molecule has 0 aliphatic carbocycles. The number of hydrogen-bond acceptors (Lipinski definition) is 4. The van der Waals surface area contributed by atoms with Crippen LogP contribution in [-0.2, 0) is 17.8 Å². The molecular formula is C19H25N3OS. The monoisotopic (exact) mass is 343 g/mol. The molecule has 1 saturated heterocycles. The highest BCUT2D eigenvalue weighted by atomic mass is 32.1. The molecule has 3 rings (SSSR count). The highest BCUT2D eigenvalue weighted by Gasteiger charge is 2.14. The number of rotatable bonds is 5. The molecule has 1 fully saturated rings. The summed E-state index contributed by atoms with van der Waals surface area (Å²) >= 11 is 1.66. The van der Waals surface area contributed by atoms with Crippen molar-refractivity contribution in [2.75, 3.05) is 18.4 Å². The molecular weight excluding hydrogens is 318 g/mol. The number of thiazole rings is 1. The van der Waals surface area contributed by atoms with Crippen molar-refractivity contribution in [1.29, 1.82) is 0 Å². The van der Waals surface area contributed by atoms with Crippen LogP contribution in [0.15, 0.2) is 23.6 Å². The van der Waals surface area contributed by atoms with Crippen LogP contribution in [0.25, 0.3) is 0 Å². The van der Waals surface area contributed by atoms with Crippen LogP contribution in [0.1, 0.15) is 41.1 Å². The van der Waals surface area contributed by atoms with Gasteiger partial charge in [0.25, 0.3) is 0 Å². The Bertz CT molecular complexity index is 684. The van der Waals surface area contributed by atoms with E-state index < -0.39 is 0 Å². The molecule has 1 amide bonds. The van der Waals surface area contributed by atoms with Crippen molar-refractivity contribution < 1.29 is 4.79 Å². The number of nitrogens with zero attached hydrogens (tertiary/aromatic N) is 2.